The highest BCUT2D eigenvalue weighted by atomic mass is 16.2. The number of fused-ring (bicyclic) bond motifs is 1. The van der Waals surface area contributed by atoms with E-state index < -0.39 is 0 Å². The van der Waals surface area contributed by atoms with Crippen LogP contribution in [-0.4, -0.2) is 51.2 Å². The molecule has 2 fully saturated rings. The van der Waals surface area contributed by atoms with Crippen LogP contribution in [0.15, 0.2) is 12.7 Å². The number of carbonyl (C=O) groups is 1. The lowest BCUT2D eigenvalue weighted by atomic mass is 10.1. The molecule has 6 heteroatoms. The molecule has 1 N–H and O–H groups in total. The fraction of sp³-hybridized carbons (Fsp3) is 0.727. The largest absolute Gasteiger partial charge is 0.338 e. The summed E-state index contributed by atoms with van der Waals surface area (Å²) in [4.78, 5) is 18.0. The van der Waals surface area contributed by atoms with E-state index in [1.165, 1.54) is 6.33 Å². The Kier molecular flexibility index (Phi) is 2.80. The van der Waals surface area contributed by atoms with Crippen LogP contribution in [-0.2, 0) is 11.3 Å². The first-order chi connectivity index (χ1) is 8.34. The predicted molar refractivity (Wildman–Crippen MR) is 61.1 cm³/mol. The molecule has 3 rings (SSSR count). The van der Waals surface area contributed by atoms with Crippen molar-refractivity contribution in [2.45, 2.75) is 25.4 Å². The van der Waals surface area contributed by atoms with Crippen molar-refractivity contribution in [2.24, 2.45) is 5.92 Å². The van der Waals surface area contributed by atoms with Gasteiger partial charge >= 0.3 is 0 Å². The van der Waals surface area contributed by atoms with E-state index in [4.69, 9.17) is 0 Å². The van der Waals surface area contributed by atoms with E-state index in [0.717, 1.165) is 26.1 Å². The number of rotatable bonds is 3. The molecule has 0 unspecified atom stereocenters. The highest BCUT2D eigenvalue weighted by Crippen LogP contribution is 2.27. The van der Waals surface area contributed by atoms with Gasteiger partial charge in [-0.1, -0.05) is 0 Å². The third-order valence-electron chi connectivity index (χ3n) is 3.79. The molecule has 1 aromatic heterocycles. The topological polar surface area (TPSA) is 63.1 Å². The van der Waals surface area contributed by atoms with Crippen LogP contribution in [0.2, 0.25) is 0 Å². The summed E-state index contributed by atoms with van der Waals surface area (Å²) in [6.45, 7) is 3.57. The quantitative estimate of drug-likeness (QED) is 0.766. The standard InChI is InChI=1S/C11H17N5O/c17-11(2-3-15-8-13-7-14-15)16-4-1-9-5-12-6-10(9)16/h7-10,12H,1-6H2/t9-,10+/m1/s1. The van der Waals surface area contributed by atoms with Crippen molar-refractivity contribution in [3.8, 4) is 0 Å². The van der Waals surface area contributed by atoms with Gasteiger partial charge in [-0.25, -0.2) is 4.98 Å². The maximum Gasteiger partial charge on any atom is 0.224 e. The molecular weight excluding hydrogens is 218 g/mol. The first-order valence-corrected chi connectivity index (χ1v) is 6.17. The number of hydrogen-bond acceptors (Lipinski definition) is 4. The van der Waals surface area contributed by atoms with Crippen LogP contribution >= 0.6 is 0 Å². The molecule has 2 saturated heterocycles. The SMILES string of the molecule is O=C(CCn1cncn1)N1CC[C@@H]2CNC[C@@H]21. The third-order valence-corrected chi connectivity index (χ3v) is 3.79. The zero-order valence-electron chi connectivity index (χ0n) is 9.75. The first kappa shape index (κ1) is 10.7. The number of aryl methyl sites for hydroxylation is 1. The van der Waals surface area contributed by atoms with E-state index in [-0.39, 0.29) is 5.91 Å². The molecule has 1 amide bonds. The molecule has 17 heavy (non-hydrogen) atoms. The van der Waals surface area contributed by atoms with Gasteiger partial charge in [-0.3, -0.25) is 9.48 Å². The molecule has 2 atom stereocenters. The molecule has 0 aliphatic carbocycles. The fourth-order valence-electron chi connectivity index (χ4n) is 2.86. The number of nitrogens with zero attached hydrogens (tertiary/aromatic N) is 4. The summed E-state index contributed by atoms with van der Waals surface area (Å²) in [5.74, 6) is 0.919. The number of carbonyl (C=O) groups excluding carboxylic acids is 1. The normalized spacial score (nSPS) is 27.4. The summed E-state index contributed by atoms with van der Waals surface area (Å²) in [5, 5.41) is 7.36. The lowest BCUT2D eigenvalue weighted by molar-refractivity contribution is -0.132. The molecule has 0 spiro atoms. The summed E-state index contributed by atoms with van der Waals surface area (Å²) >= 11 is 0. The van der Waals surface area contributed by atoms with Gasteiger partial charge < -0.3 is 10.2 Å². The molecule has 0 radical (unpaired) electrons. The Bertz CT molecular complexity index is 391. The monoisotopic (exact) mass is 235 g/mol. The molecule has 2 aliphatic heterocycles. The number of likely N-dealkylation sites (tertiary alicyclic amines) is 1. The second-order valence-corrected chi connectivity index (χ2v) is 4.77. The third kappa shape index (κ3) is 2.04. The average Bonchev–Trinajstić information content (AvgIpc) is 3.02. The van der Waals surface area contributed by atoms with Crippen molar-refractivity contribution < 1.29 is 4.79 Å². The second kappa shape index (κ2) is 4.44. The second-order valence-electron chi connectivity index (χ2n) is 4.77. The Hall–Kier alpha value is -1.43. The van der Waals surface area contributed by atoms with Gasteiger partial charge in [0.15, 0.2) is 0 Å². The van der Waals surface area contributed by atoms with Gasteiger partial charge in [0.1, 0.15) is 12.7 Å². The van der Waals surface area contributed by atoms with Crippen LogP contribution in [0.4, 0.5) is 0 Å². The van der Waals surface area contributed by atoms with Crippen molar-refractivity contribution >= 4 is 5.91 Å². The number of aromatic nitrogens is 3. The Balaban J connectivity index is 1.55. The van der Waals surface area contributed by atoms with Crippen LogP contribution in [0.3, 0.4) is 0 Å². The minimum absolute atomic E-state index is 0.247. The number of amides is 1. The zero-order valence-corrected chi connectivity index (χ0v) is 9.75. The average molecular weight is 235 g/mol. The number of hydrogen-bond donors (Lipinski definition) is 1. The van der Waals surface area contributed by atoms with E-state index in [0.29, 0.717) is 24.9 Å². The van der Waals surface area contributed by atoms with Gasteiger partial charge in [0.25, 0.3) is 0 Å². The summed E-state index contributed by atoms with van der Waals surface area (Å²) < 4.78 is 1.71. The maximum atomic E-state index is 12.1. The van der Waals surface area contributed by atoms with Gasteiger partial charge in [-0.15, -0.1) is 0 Å². The van der Waals surface area contributed by atoms with Crippen LogP contribution in [0, 0.1) is 5.92 Å². The fourth-order valence-corrected chi connectivity index (χ4v) is 2.86. The summed E-state index contributed by atoms with van der Waals surface area (Å²) in [7, 11) is 0. The van der Waals surface area contributed by atoms with E-state index in [2.05, 4.69) is 15.4 Å². The van der Waals surface area contributed by atoms with Gasteiger partial charge in [0.2, 0.25) is 5.91 Å². The van der Waals surface area contributed by atoms with E-state index in [1.807, 2.05) is 4.90 Å². The molecule has 0 saturated carbocycles. The van der Waals surface area contributed by atoms with Crippen LogP contribution in [0.25, 0.3) is 0 Å². The van der Waals surface area contributed by atoms with Crippen LogP contribution in [0.1, 0.15) is 12.8 Å². The predicted octanol–water partition coefficient (Wildman–Crippen LogP) is -0.511. The molecule has 3 heterocycles. The van der Waals surface area contributed by atoms with Crippen molar-refractivity contribution in [1.82, 2.24) is 25.0 Å². The molecule has 0 bridgehead atoms. The first-order valence-electron chi connectivity index (χ1n) is 6.17. The Labute approximate surface area is 100 Å². The molecule has 92 valence electrons. The molecule has 2 aliphatic rings. The minimum Gasteiger partial charge on any atom is -0.338 e. The maximum absolute atomic E-state index is 12.1. The lowest BCUT2D eigenvalue weighted by Gasteiger charge is -2.23. The number of nitrogens with one attached hydrogen (secondary N) is 1. The zero-order chi connectivity index (χ0) is 11.7. The summed E-state index contributed by atoms with van der Waals surface area (Å²) in [6, 6.07) is 0.429. The van der Waals surface area contributed by atoms with Gasteiger partial charge in [-0.2, -0.15) is 5.10 Å². The summed E-state index contributed by atoms with van der Waals surface area (Å²) in [5.41, 5.74) is 0. The molecule has 6 nitrogen and oxygen atoms in total. The Morgan fingerprint density at radius 1 is 1.47 bits per heavy atom. The minimum atomic E-state index is 0.247. The Morgan fingerprint density at radius 3 is 3.24 bits per heavy atom. The van der Waals surface area contributed by atoms with Crippen LogP contribution in [0.5, 0.6) is 0 Å². The Morgan fingerprint density at radius 2 is 2.41 bits per heavy atom. The van der Waals surface area contributed by atoms with Crippen molar-refractivity contribution in [3.63, 3.8) is 0 Å². The van der Waals surface area contributed by atoms with Gasteiger partial charge in [0, 0.05) is 32.1 Å². The summed E-state index contributed by atoms with van der Waals surface area (Å²) in [6.07, 6.45) is 4.81. The smallest absolute Gasteiger partial charge is 0.224 e. The highest BCUT2D eigenvalue weighted by molar-refractivity contribution is 5.77. The highest BCUT2D eigenvalue weighted by Gasteiger charge is 2.39. The van der Waals surface area contributed by atoms with Crippen molar-refractivity contribution in [3.05, 3.63) is 12.7 Å². The lowest BCUT2D eigenvalue weighted by Crippen LogP contribution is -2.39. The van der Waals surface area contributed by atoms with E-state index >= 15 is 0 Å². The van der Waals surface area contributed by atoms with E-state index in [9.17, 15) is 4.79 Å². The van der Waals surface area contributed by atoms with Crippen LogP contribution < -0.4 is 5.32 Å². The molecule has 0 aromatic carbocycles. The van der Waals surface area contributed by atoms with Gasteiger partial charge in [-0.05, 0) is 12.3 Å². The van der Waals surface area contributed by atoms with Crippen molar-refractivity contribution in [2.75, 3.05) is 19.6 Å². The van der Waals surface area contributed by atoms with Crippen molar-refractivity contribution in [1.29, 1.82) is 0 Å². The van der Waals surface area contributed by atoms with Gasteiger partial charge in [0.05, 0.1) is 6.54 Å². The molecular formula is C11H17N5O. The van der Waals surface area contributed by atoms with E-state index in [1.54, 1.807) is 11.0 Å². The molecule has 1 aromatic rings.